The fourth-order valence-corrected chi connectivity index (χ4v) is 1.59. The van der Waals surface area contributed by atoms with Gasteiger partial charge in [0.1, 0.15) is 5.75 Å². The van der Waals surface area contributed by atoms with Crippen LogP contribution in [0.3, 0.4) is 0 Å². The molecule has 1 aromatic rings. The number of amides is 1. The highest BCUT2D eigenvalue weighted by atomic mass is 16.5. The fraction of sp³-hybridized carbons (Fsp3) is 0.462. The monoisotopic (exact) mass is 236 g/mol. The molecule has 0 bridgehead atoms. The maximum absolute atomic E-state index is 11.5. The third-order valence-corrected chi connectivity index (χ3v) is 2.43. The van der Waals surface area contributed by atoms with Gasteiger partial charge in [-0.25, -0.2) is 0 Å². The Morgan fingerprint density at radius 1 is 1.29 bits per heavy atom. The van der Waals surface area contributed by atoms with Crippen LogP contribution in [0.4, 0.5) is 5.69 Å². The molecule has 0 aromatic heterocycles. The van der Waals surface area contributed by atoms with Gasteiger partial charge >= 0.3 is 0 Å². The number of aryl methyl sites for hydroxylation is 2. The molecule has 0 spiro atoms. The van der Waals surface area contributed by atoms with Gasteiger partial charge < -0.3 is 15.4 Å². The SMILES string of the molecule is CCOc1cc(C)c(NC(=O)CNC)cc1C. The third kappa shape index (κ3) is 3.75. The highest BCUT2D eigenvalue weighted by Gasteiger charge is 2.07. The minimum atomic E-state index is -0.0424. The van der Waals surface area contributed by atoms with E-state index in [9.17, 15) is 4.79 Å². The molecule has 0 atom stereocenters. The lowest BCUT2D eigenvalue weighted by atomic mass is 10.1. The van der Waals surface area contributed by atoms with E-state index in [2.05, 4.69) is 10.6 Å². The zero-order valence-electron chi connectivity index (χ0n) is 10.9. The molecule has 4 heteroatoms. The first-order valence-electron chi connectivity index (χ1n) is 5.77. The Kier molecular flexibility index (Phi) is 4.97. The average molecular weight is 236 g/mol. The Morgan fingerprint density at radius 3 is 2.59 bits per heavy atom. The summed E-state index contributed by atoms with van der Waals surface area (Å²) in [5.74, 6) is 0.829. The Hall–Kier alpha value is -1.55. The number of carbonyl (C=O) groups is 1. The standard InChI is InChI=1S/C13H20N2O2/c1-5-17-12-7-9(2)11(6-10(12)3)15-13(16)8-14-4/h6-7,14H,5,8H2,1-4H3,(H,15,16). The van der Waals surface area contributed by atoms with Gasteiger partial charge in [0.05, 0.1) is 13.2 Å². The number of hydrogen-bond acceptors (Lipinski definition) is 3. The van der Waals surface area contributed by atoms with Gasteiger partial charge in [-0.3, -0.25) is 4.79 Å². The van der Waals surface area contributed by atoms with Crippen molar-refractivity contribution in [1.29, 1.82) is 0 Å². The first-order valence-corrected chi connectivity index (χ1v) is 5.77. The summed E-state index contributed by atoms with van der Waals surface area (Å²) in [6.45, 7) is 6.84. The van der Waals surface area contributed by atoms with Crippen molar-refractivity contribution in [2.75, 3.05) is 25.5 Å². The molecule has 0 aliphatic heterocycles. The van der Waals surface area contributed by atoms with E-state index in [1.165, 1.54) is 0 Å². The molecule has 17 heavy (non-hydrogen) atoms. The molecule has 0 saturated heterocycles. The van der Waals surface area contributed by atoms with Crippen molar-refractivity contribution >= 4 is 11.6 Å². The van der Waals surface area contributed by atoms with Gasteiger partial charge in [0.2, 0.25) is 5.91 Å². The largest absolute Gasteiger partial charge is 0.494 e. The van der Waals surface area contributed by atoms with Gasteiger partial charge in [0.15, 0.2) is 0 Å². The zero-order valence-corrected chi connectivity index (χ0v) is 10.9. The summed E-state index contributed by atoms with van der Waals surface area (Å²) in [6, 6.07) is 3.89. The topological polar surface area (TPSA) is 50.4 Å². The Balaban J connectivity index is 2.87. The minimum absolute atomic E-state index is 0.0424. The van der Waals surface area contributed by atoms with Gasteiger partial charge in [-0.05, 0) is 51.1 Å². The zero-order chi connectivity index (χ0) is 12.8. The van der Waals surface area contributed by atoms with Crippen molar-refractivity contribution in [1.82, 2.24) is 5.32 Å². The van der Waals surface area contributed by atoms with E-state index in [1.807, 2.05) is 32.9 Å². The van der Waals surface area contributed by atoms with Crippen LogP contribution in [0.25, 0.3) is 0 Å². The van der Waals surface area contributed by atoms with E-state index in [0.717, 1.165) is 22.6 Å². The van der Waals surface area contributed by atoms with E-state index >= 15 is 0 Å². The van der Waals surface area contributed by atoms with Crippen molar-refractivity contribution in [3.63, 3.8) is 0 Å². The van der Waals surface area contributed by atoms with E-state index in [0.29, 0.717) is 13.2 Å². The molecule has 0 aliphatic rings. The number of ether oxygens (including phenoxy) is 1. The van der Waals surface area contributed by atoms with E-state index in [4.69, 9.17) is 4.74 Å². The Labute approximate surface area is 102 Å². The highest BCUT2D eigenvalue weighted by Crippen LogP contribution is 2.26. The van der Waals surface area contributed by atoms with Crippen LogP contribution >= 0.6 is 0 Å². The molecule has 0 radical (unpaired) electrons. The van der Waals surface area contributed by atoms with Crippen LogP contribution in [0.15, 0.2) is 12.1 Å². The number of nitrogens with one attached hydrogen (secondary N) is 2. The number of likely N-dealkylation sites (N-methyl/N-ethyl adjacent to an activating group) is 1. The number of carbonyl (C=O) groups excluding carboxylic acids is 1. The number of benzene rings is 1. The van der Waals surface area contributed by atoms with Crippen molar-refractivity contribution in [3.8, 4) is 5.75 Å². The lowest BCUT2D eigenvalue weighted by Gasteiger charge is -2.13. The van der Waals surface area contributed by atoms with Crippen LogP contribution in [0, 0.1) is 13.8 Å². The molecule has 2 N–H and O–H groups in total. The second-order valence-electron chi connectivity index (χ2n) is 3.94. The van der Waals surface area contributed by atoms with E-state index < -0.39 is 0 Å². The smallest absolute Gasteiger partial charge is 0.238 e. The lowest BCUT2D eigenvalue weighted by Crippen LogP contribution is -2.25. The normalized spacial score (nSPS) is 10.1. The molecular formula is C13H20N2O2. The first kappa shape index (κ1) is 13.5. The molecule has 0 unspecified atom stereocenters. The summed E-state index contributed by atoms with van der Waals surface area (Å²) in [5.41, 5.74) is 2.87. The van der Waals surface area contributed by atoms with Crippen molar-refractivity contribution < 1.29 is 9.53 Å². The number of hydrogen-bond donors (Lipinski definition) is 2. The van der Waals surface area contributed by atoms with Gasteiger partial charge in [-0.1, -0.05) is 0 Å². The van der Waals surface area contributed by atoms with E-state index in [1.54, 1.807) is 7.05 Å². The van der Waals surface area contributed by atoms with Gasteiger partial charge in [-0.2, -0.15) is 0 Å². The van der Waals surface area contributed by atoms with Gasteiger partial charge in [-0.15, -0.1) is 0 Å². The third-order valence-electron chi connectivity index (χ3n) is 2.43. The minimum Gasteiger partial charge on any atom is -0.494 e. The number of rotatable bonds is 5. The van der Waals surface area contributed by atoms with Crippen LogP contribution in [0.2, 0.25) is 0 Å². The summed E-state index contributed by atoms with van der Waals surface area (Å²) < 4.78 is 5.50. The van der Waals surface area contributed by atoms with Crippen LogP contribution in [0.5, 0.6) is 5.75 Å². The molecule has 94 valence electrons. The quantitative estimate of drug-likeness (QED) is 0.820. The summed E-state index contributed by atoms with van der Waals surface area (Å²) in [7, 11) is 1.75. The van der Waals surface area contributed by atoms with E-state index in [-0.39, 0.29) is 5.91 Å². The highest BCUT2D eigenvalue weighted by molar-refractivity contribution is 5.93. The summed E-state index contributed by atoms with van der Waals surface area (Å²) in [5, 5.41) is 5.68. The molecule has 4 nitrogen and oxygen atoms in total. The maximum Gasteiger partial charge on any atom is 0.238 e. The summed E-state index contributed by atoms with van der Waals surface area (Å²) >= 11 is 0. The number of anilines is 1. The predicted molar refractivity (Wildman–Crippen MR) is 69.6 cm³/mol. The molecule has 0 fully saturated rings. The maximum atomic E-state index is 11.5. The van der Waals surface area contributed by atoms with Crippen molar-refractivity contribution in [3.05, 3.63) is 23.3 Å². The fourth-order valence-electron chi connectivity index (χ4n) is 1.59. The summed E-state index contributed by atoms with van der Waals surface area (Å²) in [4.78, 5) is 11.5. The second-order valence-corrected chi connectivity index (χ2v) is 3.94. The predicted octanol–water partition coefficient (Wildman–Crippen LogP) is 1.86. The van der Waals surface area contributed by atoms with Crippen LogP contribution in [-0.2, 0) is 4.79 Å². The molecule has 1 aromatic carbocycles. The Morgan fingerprint density at radius 2 is 2.00 bits per heavy atom. The lowest BCUT2D eigenvalue weighted by molar-refractivity contribution is -0.115. The molecular weight excluding hydrogens is 216 g/mol. The molecule has 0 saturated carbocycles. The molecule has 0 heterocycles. The Bertz CT molecular complexity index is 403. The van der Waals surface area contributed by atoms with Gasteiger partial charge in [0.25, 0.3) is 0 Å². The first-order chi connectivity index (χ1) is 8.08. The van der Waals surface area contributed by atoms with Crippen LogP contribution < -0.4 is 15.4 Å². The molecule has 1 amide bonds. The second kappa shape index (κ2) is 6.25. The van der Waals surface area contributed by atoms with Crippen LogP contribution in [0.1, 0.15) is 18.1 Å². The molecule has 0 aliphatic carbocycles. The van der Waals surface area contributed by atoms with Gasteiger partial charge in [0, 0.05) is 5.69 Å². The van der Waals surface area contributed by atoms with Crippen molar-refractivity contribution in [2.45, 2.75) is 20.8 Å². The van der Waals surface area contributed by atoms with Crippen LogP contribution in [-0.4, -0.2) is 26.1 Å². The molecule has 1 rings (SSSR count). The average Bonchev–Trinajstić information content (AvgIpc) is 2.26. The summed E-state index contributed by atoms with van der Waals surface area (Å²) in [6.07, 6.45) is 0. The van der Waals surface area contributed by atoms with Crippen molar-refractivity contribution in [2.24, 2.45) is 0 Å².